The number of benzene rings is 2. The van der Waals surface area contributed by atoms with Crippen molar-refractivity contribution in [2.45, 2.75) is 25.7 Å². The third-order valence-electron chi connectivity index (χ3n) is 4.08. The predicted octanol–water partition coefficient (Wildman–Crippen LogP) is 4.47. The number of sulfonamides is 1. The Labute approximate surface area is 164 Å². The number of nitriles is 1. The fourth-order valence-electron chi connectivity index (χ4n) is 3.06. The van der Waals surface area contributed by atoms with E-state index >= 15 is 0 Å². The van der Waals surface area contributed by atoms with Gasteiger partial charge in [0, 0.05) is 6.07 Å². The van der Waals surface area contributed by atoms with Crippen LogP contribution in [0, 0.1) is 32.1 Å². The number of hydrogen-bond donors (Lipinski definition) is 1. The Morgan fingerprint density at radius 1 is 1.04 bits per heavy atom. The summed E-state index contributed by atoms with van der Waals surface area (Å²) >= 11 is 0. The minimum atomic E-state index is -3.75. The molecule has 0 unspecified atom stereocenters. The van der Waals surface area contributed by atoms with Gasteiger partial charge in [0.1, 0.15) is 11.8 Å². The van der Waals surface area contributed by atoms with Gasteiger partial charge in [0.05, 0.1) is 22.3 Å². The van der Waals surface area contributed by atoms with Gasteiger partial charge in [-0.05, 0) is 50.1 Å². The van der Waals surface area contributed by atoms with Crippen molar-refractivity contribution in [3.05, 3.63) is 77.0 Å². The summed E-state index contributed by atoms with van der Waals surface area (Å²) in [7, 11) is -3.75. The van der Waals surface area contributed by atoms with Crippen LogP contribution in [0.5, 0.6) is 11.6 Å². The molecule has 142 valence electrons. The molecular weight excluding hydrogens is 374 g/mol. The predicted molar refractivity (Wildman–Crippen MR) is 107 cm³/mol. The van der Waals surface area contributed by atoms with Crippen molar-refractivity contribution < 1.29 is 13.2 Å². The Morgan fingerprint density at radius 2 is 1.71 bits per heavy atom. The highest BCUT2D eigenvalue weighted by atomic mass is 32.2. The van der Waals surface area contributed by atoms with Gasteiger partial charge in [-0.1, -0.05) is 29.8 Å². The second-order valence-corrected chi connectivity index (χ2v) is 8.05. The molecule has 0 amide bonds. The van der Waals surface area contributed by atoms with Gasteiger partial charge in [-0.15, -0.1) is 0 Å². The van der Waals surface area contributed by atoms with E-state index in [9.17, 15) is 8.42 Å². The summed E-state index contributed by atoms with van der Waals surface area (Å²) in [4.78, 5) is 4.39. The maximum Gasteiger partial charge on any atom is 0.262 e. The lowest BCUT2D eigenvalue weighted by molar-refractivity contribution is 0.461. The van der Waals surface area contributed by atoms with Crippen molar-refractivity contribution >= 4 is 15.7 Å². The molecule has 28 heavy (non-hydrogen) atoms. The molecule has 7 heteroatoms. The van der Waals surface area contributed by atoms with Crippen molar-refractivity contribution in [3.8, 4) is 17.7 Å². The average Bonchev–Trinajstić information content (AvgIpc) is 2.62. The lowest BCUT2D eigenvalue weighted by Crippen LogP contribution is -2.16. The topological polar surface area (TPSA) is 92.1 Å². The number of aryl methyl sites for hydroxylation is 3. The molecule has 0 spiro atoms. The van der Waals surface area contributed by atoms with E-state index in [-0.39, 0.29) is 10.8 Å². The molecule has 0 fully saturated rings. The Bertz CT molecular complexity index is 1140. The standard InChI is InChI=1S/C21H19N3O3S/c1-14-10-15(2)21(16(3)11-14)28(25,26)24-18-8-9-20(23-13-18)27-19-7-5-4-6-17(19)12-22/h4-11,13,24H,1-3H3. The first-order chi connectivity index (χ1) is 13.3. The molecule has 0 atom stereocenters. The highest BCUT2D eigenvalue weighted by Crippen LogP contribution is 2.26. The molecular formula is C21H19N3O3S. The Morgan fingerprint density at radius 3 is 2.32 bits per heavy atom. The van der Waals surface area contributed by atoms with Crippen LogP contribution in [0.4, 0.5) is 5.69 Å². The fraction of sp³-hybridized carbons (Fsp3) is 0.143. The van der Waals surface area contributed by atoms with Gasteiger partial charge < -0.3 is 4.74 Å². The van der Waals surface area contributed by atoms with E-state index in [1.54, 1.807) is 50.2 Å². The first-order valence-corrected chi connectivity index (χ1v) is 10.0. The molecule has 3 aromatic rings. The molecule has 0 saturated carbocycles. The zero-order valence-electron chi connectivity index (χ0n) is 15.7. The van der Waals surface area contributed by atoms with E-state index in [0.717, 1.165) is 5.56 Å². The number of aromatic nitrogens is 1. The number of anilines is 1. The van der Waals surface area contributed by atoms with Crippen molar-refractivity contribution in [1.82, 2.24) is 4.98 Å². The van der Waals surface area contributed by atoms with Gasteiger partial charge >= 0.3 is 0 Å². The SMILES string of the molecule is Cc1cc(C)c(S(=O)(=O)Nc2ccc(Oc3ccccc3C#N)nc2)c(C)c1. The molecule has 0 aliphatic heterocycles. The summed E-state index contributed by atoms with van der Waals surface area (Å²) in [5, 5.41) is 9.11. The Kier molecular flexibility index (Phi) is 5.34. The lowest BCUT2D eigenvalue weighted by Gasteiger charge is -2.14. The lowest BCUT2D eigenvalue weighted by atomic mass is 10.1. The highest BCUT2D eigenvalue weighted by molar-refractivity contribution is 7.92. The number of pyridine rings is 1. The highest BCUT2D eigenvalue weighted by Gasteiger charge is 2.20. The molecule has 1 N–H and O–H groups in total. The van der Waals surface area contributed by atoms with Crippen LogP contribution in [0.3, 0.4) is 0 Å². The van der Waals surface area contributed by atoms with Crippen LogP contribution in [0.2, 0.25) is 0 Å². The average molecular weight is 393 g/mol. The molecule has 0 aliphatic carbocycles. The van der Waals surface area contributed by atoms with E-state index in [2.05, 4.69) is 9.71 Å². The summed E-state index contributed by atoms with van der Waals surface area (Å²) in [5.41, 5.74) is 3.09. The number of rotatable bonds is 5. The molecule has 0 bridgehead atoms. The number of ether oxygens (including phenoxy) is 1. The molecule has 1 heterocycles. The number of nitrogens with one attached hydrogen (secondary N) is 1. The van der Waals surface area contributed by atoms with Crippen molar-refractivity contribution in [1.29, 1.82) is 5.26 Å². The van der Waals surface area contributed by atoms with Gasteiger partial charge in [-0.2, -0.15) is 5.26 Å². The molecule has 6 nitrogen and oxygen atoms in total. The normalized spacial score (nSPS) is 10.9. The van der Waals surface area contributed by atoms with E-state index in [0.29, 0.717) is 28.1 Å². The summed E-state index contributed by atoms with van der Waals surface area (Å²) in [6.07, 6.45) is 1.38. The summed E-state index contributed by atoms with van der Waals surface area (Å²) < 4.78 is 33.8. The van der Waals surface area contributed by atoms with Crippen LogP contribution >= 0.6 is 0 Å². The summed E-state index contributed by atoms with van der Waals surface area (Å²) in [6.45, 7) is 5.48. The van der Waals surface area contributed by atoms with Gasteiger partial charge in [-0.3, -0.25) is 4.72 Å². The van der Waals surface area contributed by atoms with Crippen LogP contribution in [-0.2, 0) is 10.0 Å². The quantitative estimate of drug-likeness (QED) is 0.690. The zero-order chi connectivity index (χ0) is 20.3. The van der Waals surface area contributed by atoms with E-state index in [4.69, 9.17) is 10.00 Å². The summed E-state index contributed by atoms with van der Waals surface area (Å²) in [6, 6.07) is 15.6. The maximum absolute atomic E-state index is 12.8. The second-order valence-electron chi connectivity index (χ2n) is 6.43. The van der Waals surface area contributed by atoms with Crippen LogP contribution in [0.1, 0.15) is 22.3 Å². The Balaban J connectivity index is 1.82. The first kappa shape index (κ1) is 19.4. The van der Waals surface area contributed by atoms with Crippen molar-refractivity contribution in [2.75, 3.05) is 4.72 Å². The van der Waals surface area contributed by atoms with Crippen LogP contribution in [-0.4, -0.2) is 13.4 Å². The largest absolute Gasteiger partial charge is 0.438 e. The van der Waals surface area contributed by atoms with Gasteiger partial charge in [0.15, 0.2) is 0 Å². The van der Waals surface area contributed by atoms with Crippen LogP contribution in [0.25, 0.3) is 0 Å². The molecule has 0 saturated heterocycles. The van der Waals surface area contributed by atoms with Crippen LogP contribution in [0.15, 0.2) is 59.6 Å². The maximum atomic E-state index is 12.8. The molecule has 0 aliphatic rings. The number of hydrogen-bond acceptors (Lipinski definition) is 5. The van der Waals surface area contributed by atoms with Gasteiger partial charge in [0.2, 0.25) is 5.88 Å². The van der Waals surface area contributed by atoms with Gasteiger partial charge in [0.25, 0.3) is 10.0 Å². The molecule has 3 rings (SSSR count). The summed E-state index contributed by atoms with van der Waals surface area (Å²) in [5.74, 6) is 0.644. The zero-order valence-corrected chi connectivity index (χ0v) is 16.5. The molecule has 1 aromatic heterocycles. The second kappa shape index (κ2) is 7.71. The van der Waals surface area contributed by atoms with E-state index < -0.39 is 10.0 Å². The van der Waals surface area contributed by atoms with Gasteiger partial charge in [-0.25, -0.2) is 13.4 Å². The van der Waals surface area contributed by atoms with E-state index in [1.807, 2.05) is 25.1 Å². The third-order valence-corrected chi connectivity index (χ3v) is 5.77. The number of nitrogens with zero attached hydrogens (tertiary/aromatic N) is 2. The molecule has 2 aromatic carbocycles. The minimum Gasteiger partial charge on any atom is -0.438 e. The smallest absolute Gasteiger partial charge is 0.262 e. The van der Waals surface area contributed by atoms with Crippen molar-refractivity contribution in [2.24, 2.45) is 0 Å². The monoisotopic (exact) mass is 393 g/mol. The Hall–Kier alpha value is -3.37. The van der Waals surface area contributed by atoms with Crippen LogP contribution < -0.4 is 9.46 Å². The number of para-hydroxylation sites is 1. The van der Waals surface area contributed by atoms with E-state index in [1.165, 1.54) is 6.20 Å². The minimum absolute atomic E-state index is 0.258. The fourth-order valence-corrected chi connectivity index (χ4v) is 4.56. The van der Waals surface area contributed by atoms with Crippen molar-refractivity contribution in [3.63, 3.8) is 0 Å². The third kappa shape index (κ3) is 4.13. The molecule has 0 radical (unpaired) electrons. The first-order valence-electron chi connectivity index (χ1n) is 8.54.